The zero-order chi connectivity index (χ0) is 15.4. The molecule has 0 N–H and O–H groups in total. The zero-order valence-corrected chi connectivity index (χ0v) is 12.7. The molecule has 0 amide bonds. The van der Waals surface area contributed by atoms with Crippen molar-refractivity contribution in [3.8, 4) is 11.6 Å². The smallest absolute Gasteiger partial charge is 0.240 e. The van der Waals surface area contributed by atoms with Crippen molar-refractivity contribution >= 4 is 0 Å². The van der Waals surface area contributed by atoms with Crippen LogP contribution in [0.2, 0.25) is 0 Å². The number of benzene rings is 1. The second-order valence-electron chi connectivity index (χ2n) is 5.27. The summed E-state index contributed by atoms with van der Waals surface area (Å²) in [6.45, 7) is 4.04. The van der Waals surface area contributed by atoms with Crippen molar-refractivity contribution in [2.75, 3.05) is 0 Å². The van der Waals surface area contributed by atoms with Crippen LogP contribution in [0.1, 0.15) is 36.4 Å². The molecule has 5 nitrogen and oxygen atoms in total. The maximum atomic E-state index is 5.44. The molecule has 0 bridgehead atoms. The fraction of sp³-hybridized carbons (Fsp3) is 0.294. The summed E-state index contributed by atoms with van der Waals surface area (Å²) >= 11 is 0. The Balaban J connectivity index is 1.82. The maximum Gasteiger partial charge on any atom is 0.240 e. The Labute approximate surface area is 129 Å². The molecule has 1 unspecified atom stereocenters. The highest BCUT2D eigenvalue weighted by molar-refractivity contribution is 5.41. The number of nitrogens with zero attached hydrogens (tertiary/aromatic N) is 4. The number of aryl methyl sites for hydroxylation is 1. The average molecular weight is 294 g/mol. The Morgan fingerprint density at radius 1 is 1.05 bits per heavy atom. The van der Waals surface area contributed by atoms with Crippen LogP contribution in [0.25, 0.3) is 11.6 Å². The van der Waals surface area contributed by atoms with Gasteiger partial charge in [-0.3, -0.25) is 0 Å². The van der Waals surface area contributed by atoms with E-state index in [1.807, 2.05) is 31.2 Å². The first-order valence-corrected chi connectivity index (χ1v) is 7.44. The van der Waals surface area contributed by atoms with E-state index in [2.05, 4.69) is 39.2 Å². The summed E-state index contributed by atoms with van der Waals surface area (Å²) in [5, 5.41) is 4.03. The van der Waals surface area contributed by atoms with Gasteiger partial charge in [-0.25, -0.2) is 9.97 Å². The van der Waals surface area contributed by atoms with Gasteiger partial charge in [0.1, 0.15) is 0 Å². The minimum atomic E-state index is 0.202. The van der Waals surface area contributed by atoms with Crippen LogP contribution < -0.4 is 0 Å². The second-order valence-corrected chi connectivity index (χ2v) is 5.27. The summed E-state index contributed by atoms with van der Waals surface area (Å²) < 4.78 is 5.44. The van der Waals surface area contributed by atoms with E-state index >= 15 is 0 Å². The molecule has 2 heterocycles. The minimum absolute atomic E-state index is 0.202. The Bertz CT molecular complexity index is 739. The average Bonchev–Trinajstić information content (AvgIpc) is 3.03. The molecule has 1 atom stereocenters. The molecule has 0 aliphatic carbocycles. The first kappa shape index (κ1) is 14.4. The summed E-state index contributed by atoms with van der Waals surface area (Å²) in [5.41, 5.74) is 2.15. The molecule has 2 aromatic heterocycles. The lowest BCUT2D eigenvalue weighted by molar-refractivity contribution is 0.348. The third kappa shape index (κ3) is 3.19. The SMILES string of the molecule is CCC(Cc1ccccc1)c1nc(-c2nccc(C)n2)no1. The van der Waals surface area contributed by atoms with Crippen LogP contribution in [0.5, 0.6) is 0 Å². The largest absolute Gasteiger partial charge is 0.339 e. The van der Waals surface area contributed by atoms with Crippen LogP contribution in [0.3, 0.4) is 0 Å². The highest BCUT2D eigenvalue weighted by Gasteiger charge is 2.19. The number of hydrogen-bond acceptors (Lipinski definition) is 5. The van der Waals surface area contributed by atoms with Crippen molar-refractivity contribution in [2.24, 2.45) is 0 Å². The number of aromatic nitrogens is 4. The van der Waals surface area contributed by atoms with Crippen molar-refractivity contribution in [3.05, 3.63) is 59.7 Å². The molecular formula is C17H18N4O. The van der Waals surface area contributed by atoms with Gasteiger partial charge in [0.25, 0.3) is 0 Å². The van der Waals surface area contributed by atoms with Crippen LogP contribution in [0.15, 0.2) is 47.1 Å². The first-order chi connectivity index (χ1) is 10.8. The Kier molecular flexibility index (Phi) is 4.23. The summed E-state index contributed by atoms with van der Waals surface area (Å²) in [6, 6.07) is 12.2. The predicted octanol–water partition coefficient (Wildman–Crippen LogP) is 3.57. The summed E-state index contributed by atoms with van der Waals surface area (Å²) in [5.74, 6) is 1.80. The lowest BCUT2D eigenvalue weighted by Gasteiger charge is -2.09. The molecule has 0 spiro atoms. The van der Waals surface area contributed by atoms with Crippen molar-refractivity contribution in [1.29, 1.82) is 0 Å². The van der Waals surface area contributed by atoms with Gasteiger partial charge in [0.15, 0.2) is 0 Å². The van der Waals surface area contributed by atoms with Crippen molar-refractivity contribution in [2.45, 2.75) is 32.6 Å². The molecule has 0 saturated carbocycles. The molecular weight excluding hydrogens is 276 g/mol. The molecule has 0 fully saturated rings. The van der Waals surface area contributed by atoms with Gasteiger partial charge in [0.2, 0.25) is 17.5 Å². The van der Waals surface area contributed by atoms with E-state index in [0.29, 0.717) is 17.5 Å². The lowest BCUT2D eigenvalue weighted by Crippen LogP contribution is -2.02. The first-order valence-electron chi connectivity index (χ1n) is 7.44. The van der Waals surface area contributed by atoms with E-state index in [9.17, 15) is 0 Å². The molecule has 22 heavy (non-hydrogen) atoms. The minimum Gasteiger partial charge on any atom is -0.339 e. The van der Waals surface area contributed by atoms with Crippen molar-refractivity contribution in [1.82, 2.24) is 20.1 Å². The molecule has 5 heteroatoms. The second kappa shape index (κ2) is 6.47. The highest BCUT2D eigenvalue weighted by Crippen LogP contribution is 2.24. The molecule has 0 aliphatic rings. The molecule has 1 aromatic carbocycles. The summed E-state index contributed by atoms with van der Waals surface area (Å²) in [7, 11) is 0. The summed E-state index contributed by atoms with van der Waals surface area (Å²) in [6.07, 6.45) is 3.52. The van der Waals surface area contributed by atoms with Gasteiger partial charge in [-0.1, -0.05) is 42.4 Å². The monoisotopic (exact) mass is 294 g/mol. The lowest BCUT2D eigenvalue weighted by atomic mass is 9.97. The normalized spacial score (nSPS) is 12.3. The van der Waals surface area contributed by atoms with E-state index < -0.39 is 0 Å². The number of hydrogen-bond donors (Lipinski definition) is 0. The fourth-order valence-corrected chi connectivity index (χ4v) is 2.35. The van der Waals surface area contributed by atoms with Crippen molar-refractivity contribution < 1.29 is 4.52 Å². The molecule has 3 aromatic rings. The fourth-order valence-electron chi connectivity index (χ4n) is 2.35. The molecule has 0 saturated heterocycles. The van der Waals surface area contributed by atoms with Crippen LogP contribution in [-0.2, 0) is 6.42 Å². The molecule has 0 radical (unpaired) electrons. The summed E-state index contributed by atoms with van der Waals surface area (Å²) in [4.78, 5) is 13.0. The predicted molar refractivity (Wildman–Crippen MR) is 83.2 cm³/mol. The van der Waals surface area contributed by atoms with E-state index in [4.69, 9.17) is 4.52 Å². The van der Waals surface area contributed by atoms with Gasteiger partial charge in [0, 0.05) is 17.8 Å². The van der Waals surface area contributed by atoms with E-state index in [1.54, 1.807) is 6.20 Å². The molecule has 3 rings (SSSR count). The van der Waals surface area contributed by atoms with Crippen LogP contribution in [-0.4, -0.2) is 20.1 Å². The maximum absolute atomic E-state index is 5.44. The Morgan fingerprint density at radius 2 is 1.86 bits per heavy atom. The third-order valence-electron chi connectivity index (χ3n) is 3.60. The third-order valence-corrected chi connectivity index (χ3v) is 3.60. The highest BCUT2D eigenvalue weighted by atomic mass is 16.5. The van der Waals surface area contributed by atoms with E-state index in [1.165, 1.54) is 5.56 Å². The van der Waals surface area contributed by atoms with Crippen LogP contribution >= 0.6 is 0 Å². The van der Waals surface area contributed by atoms with Gasteiger partial charge in [-0.05, 0) is 31.4 Å². The van der Waals surface area contributed by atoms with Gasteiger partial charge in [-0.15, -0.1) is 0 Å². The van der Waals surface area contributed by atoms with Gasteiger partial charge >= 0.3 is 0 Å². The standard InChI is InChI=1S/C17H18N4O/c1-3-14(11-13-7-5-4-6-8-13)17-20-16(21-22-17)15-18-10-9-12(2)19-15/h4-10,14H,3,11H2,1-2H3. The molecule has 112 valence electrons. The van der Waals surface area contributed by atoms with Crippen LogP contribution in [0.4, 0.5) is 0 Å². The van der Waals surface area contributed by atoms with Gasteiger partial charge in [0.05, 0.1) is 0 Å². The Morgan fingerprint density at radius 3 is 2.59 bits per heavy atom. The van der Waals surface area contributed by atoms with Crippen molar-refractivity contribution in [3.63, 3.8) is 0 Å². The topological polar surface area (TPSA) is 64.7 Å². The zero-order valence-electron chi connectivity index (χ0n) is 12.7. The van der Waals surface area contributed by atoms with Gasteiger partial charge < -0.3 is 4.52 Å². The Hall–Kier alpha value is -2.56. The number of rotatable bonds is 5. The molecule has 0 aliphatic heterocycles. The quantitative estimate of drug-likeness (QED) is 0.719. The van der Waals surface area contributed by atoms with E-state index in [-0.39, 0.29) is 5.92 Å². The van der Waals surface area contributed by atoms with E-state index in [0.717, 1.165) is 18.5 Å². The van der Waals surface area contributed by atoms with Gasteiger partial charge in [-0.2, -0.15) is 4.98 Å². The van der Waals surface area contributed by atoms with Crippen LogP contribution in [0, 0.1) is 6.92 Å².